The second kappa shape index (κ2) is 8.80. The molecule has 1 aliphatic rings. The molecule has 0 heterocycles. The summed E-state index contributed by atoms with van der Waals surface area (Å²) in [5, 5.41) is 3.13. The molecule has 1 atom stereocenters. The molecule has 1 aromatic rings. The van der Waals surface area contributed by atoms with Crippen LogP contribution in [0.5, 0.6) is 5.75 Å². The fourth-order valence-electron chi connectivity index (χ4n) is 3.19. The second-order valence-corrected chi connectivity index (χ2v) is 6.64. The highest BCUT2D eigenvalue weighted by molar-refractivity contribution is 5.74. The van der Waals surface area contributed by atoms with E-state index >= 15 is 0 Å². The van der Waals surface area contributed by atoms with Gasteiger partial charge in [0.2, 0.25) is 0 Å². The summed E-state index contributed by atoms with van der Waals surface area (Å²) in [5.74, 6) is 0.879. The average molecular weight is 318 g/mol. The molecule has 0 radical (unpaired) electrons. The number of carbonyl (C=O) groups excluding carboxylic acids is 1. The van der Waals surface area contributed by atoms with E-state index in [1.165, 1.54) is 24.8 Å². The summed E-state index contributed by atoms with van der Waals surface area (Å²) in [6.45, 7) is 2.08. The Morgan fingerprint density at radius 2 is 1.91 bits per heavy atom. The minimum atomic E-state index is 0.0686. The van der Waals surface area contributed by atoms with Crippen molar-refractivity contribution < 1.29 is 9.53 Å². The molecule has 1 fully saturated rings. The third kappa shape index (κ3) is 5.45. The van der Waals surface area contributed by atoms with Crippen molar-refractivity contribution in [3.8, 4) is 5.75 Å². The summed E-state index contributed by atoms with van der Waals surface area (Å²) in [4.78, 5) is 14.3. The largest absolute Gasteiger partial charge is 0.497 e. The standard InChI is InChI=1S/C19H30N2O2/c1-15(9-10-16-11-13-18(23-3)14-12-16)20-19(22)21(2)17-7-5-4-6-8-17/h11-15,17H,4-10H2,1-3H3,(H,20,22). The molecular weight excluding hydrogens is 288 g/mol. The summed E-state index contributed by atoms with van der Waals surface area (Å²) < 4.78 is 5.17. The molecule has 1 aliphatic carbocycles. The number of hydrogen-bond donors (Lipinski definition) is 1. The van der Waals surface area contributed by atoms with Crippen molar-refractivity contribution in [2.75, 3.05) is 14.2 Å². The first kappa shape index (κ1) is 17.6. The summed E-state index contributed by atoms with van der Waals surface area (Å²) in [6.07, 6.45) is 7.98. The Labute approximate surface area is 140 Å². The van der Waals surface area contributed by atoms with E-state index < -0.39 is 0 Å². The zero-order chi connectivity index (χ0) is 16.7. The van der Waals surface area contributed by atoms with Crippen LogP contribution in [0.1, 0.15) is 51.0 Å². The molecule has 0 bridgehead atoms. The van der Waals surface area contributed by atoms with Crippen LogP contribution < -0.4 is 10.1 Å². The number of benzene rings is 1. The van der Waals surface area contributed by atoms with Crippen molar-refractivity contribution in [3.63, 3.8) is 0 Å². The highest BCUT2D eigenvalue weighted by atomic mass is 16.5. The van der Waals surface area contributed by atoms with Crippen LogP contribution in [0.3, 0.4) is 0 Å². The maximum Gasteiger partial charge on any atom is 0.317 e. The first-order valence-corrected chi connectivity index (χ1v) is 8.76. The van der Waals surface area contributed by atoms with Crippen LogP contribution in [0.2, 0.25) is 0 Å². The summed E-state index contributed by atoms with van der Waals surface area (Å²) in [6, 6.07) is 8.79. The van der Waals surface area contributed by atoms with E-state index in [4.69, 9.17) is 4.74 Å². The Morgan fingerprint density at radius 3 is 2.52 bits per heavy atom. The molecule has 4 heteroatoms. The number of methoxy groups -OCH3 is 1. The Morgan fingerprint density at radius 1 is 1.26 bits per heavy atom. The van der Waals surface area contributed by atoms with Crippen LogP contribution in [0.15, 0.2) is 24.3 Å². The number of aryl methyl sites for hydroxylation is 1. The van der Waals surface area contributed by atoms with Gasteiger partial charge in [-0.25, -0.2) is 4.79 Å². The van der Waals surface area contributed by atoms with Gasteiger partial charge in [-0.05, 0) is 50.3 Å². The molecule has 0 aliphatic heterocycles. The first-order chi connectivity index (χ1) is 11.1. The lowest BCUT2D eigenvalue weighted by Crippen LogP contribution is -2.47. The molecule has 1 unspecified atom stereocenters. The quantitative estimate of drug-likeness (QED) is 0.861. The van der Waals surface area contributed by atoms with Gasteiger partial charge in [0.25, 0.3) is 0 Å². The van der Waals surface area contributed by atoms with Crippen molar-refractivity contribution in [2.24, 2.45) is 0 Å². The van der Waals surface area contributed by atoms with Crippen LogP contribution in [0.25, 0.3) is 0 Å². The minimum Gasteiger partial charge on any atom is -0.497 e. The third-order valence-electron chi connectivity index (χ3n) is 4.84. The molecule has 1 N–H and O–H groups in total. The van der Waals surface area contributed by atoms with E-state index in [0.29, 0.717) is 6.04 Å². The monoisotopic (exact) mass is 318 g/mol. The number of rotatable bonds is 6. The normalized spacial score (nSPS) is 16.7. The minimum absolute atomic E-state index is 0.0686. The maximum atomic E-state index is 12.3. The lowest BCUT2D eigenvalue weighted by molar-refractivity contribution is 0.170. The Balaban J connectivity index is 1.74. The number of urea groups is 1. The summed E-state index contributed by atoms with van der Waals surface area (Å²) in [7, 11) is 3.61. The van der Waals surface area contributed by atoms with Crippen LogP contribution >= 0.6 is 0 Å². The zero-order valence-electron chi connectivity index (χ0n) is 14.7. The van der Waals surface area contributed by atoms with Crippen LogP contribution in [0, 0.1) is 0 Å². The van der Waals surface area contributed by atoms with E-state index in [1.807, 2.05) is 24.1 Å². The van der Waals surface area contributed by atoms with E-state index in [2.05, 4.69) is 24.4 Å². The lowest BCUT2D eigenvalue weighted by Gasteiger charge is -2.32. The number of nitrogens with zero attached hydrogens (tertiary/aromatic N) is 1. The van der Waals surface area contributed by atoms with Crippen LogP contribution in [0.4, 0.5) is 4.79 Å². The first-order valence-electron chi connectivity index (χ1n) is 8.76. The van der Waals surface area contributed by atoms with Crippen LogP contribution in [-0.2, 0) is 6.42 Å². The predicted octanol–water partition coefficient (Wildman–Crippen LogP) is 3.99. The predicted molar refractivity (Wildman–Crippen MR) is 93.9 cm³/mol. The van der Waals surface area contributed by atoms with Crippen LogP contribution in [-0.4, -0.2) is 37.2 Å². The number of hydrogen-bond acceptors (Lipinski definition) is 2. The SMILES string of the molecule is COc1ccc(CCC(C)NC(=O)N(C)C2CCCCC2)cc1. The molecule has 0 spiro atoms. The van der Waals surface area contributed by atoms with Crippen molar-refractivity contribution in [1.29, 1.82) is 0 Å². The van der Waals surface area contributed by atoms with E-state index in [-0.39, 0.29) is 12.1 Å². The number of carbonyl (C=O) groups is 1. The summed E-state index contributed by atoms with van der Waals surface area (Å²) >= 11 is 0. The second-order valence-electron chi connectivity index (χ2n) is 6.64. The Kier molecular flexibility index (Phi) is 6.75. The molecular formula is C19H30N2O2. The zero-order valence-corrected chi connectivity index (χ0v) is 14.7. The van der Waals surface area contributed by atoms with Crippen molar-refractivity contribution in [2.45, 2.75) is 64.0 Å². The fraction of sp³-hybridized carbons (Fsp3) is 0.632. The van der Waals surface area contributed by atoms with Gasteiger partial charge in [-0.1, -0.05) is 31.4 Å². The topological polar surface area (TPSA) is 41.6 Å². The summed E-state index contributed by atoms with van der Waals surface area (Å²) in [5.41, 5.74) is 1.27. The molecule has 2 amide bonds. The van der Waals surface area contributed by atoms with Crippen molar-refractivity contribution in [1.82, 2.24) is 10.2 Å². The average Bonchev–Trinajstić information content (AvgIpc) is 2.60. The molecule has 2 rings (SSSR count). The van der Waals surface area contributed by atoms with Gasteiger partial charge in [0.05, 0.1) is 7.11 Å². The van der Waals surface area contributed by atoms with E-state index in [0.717, 1.165) is 31.4 Å². The van der Waals surface area contributed by atoms with Crippen molar-refractivity contribution in [3.05, 3.63) is 29.8 Å². The number of ether oxygens (including phenoxy) is 1. The number of amides is 2. The fourth-order valence-corrected chi connectivity index (χ4v) is 3.19. The molecule has 1 aromatic carbocycles. The Hall–Kier alpha value is -1.71. The van der Waals surface area contributed by atoms with Gasteiger partial charge in [0, 0.05) is 19.1 Å². The molecule has 4 nitrogen and oxygen atoms in total. The van der Waals surface area contributed by atoms with Gasteiger partial charge >= 0.3 is 6.03 Å². The number of nitrogens with one attached hydrogen (secondary N) is 1. The highest BCUT2D eigenvalue weighted by Gasteiger charge is 2.22. The maximum absolute atomic E-state index is 12.3. The van der Waals surface area contributed by atoms with E-state index in [1.54, 1.807) is 7.11 Å². The molecule has 23 heavy (non-hydrogen) atoms. The van der Waals surface area contributed by atoms with E-state index in [9.17, 15) is 4.79 Å². The molecule has 0 aromatic heterocycles. The van der Waals surface area contributed by atoms with Gasteiger partial charge in [0.15, 0.2) is 0 Å². The molecule has 0 saturated heterocycles. The lowest BCUT2D eigenvalue weighted by atomic mass is 9.95. The van der Waals surface area contributed by atoms with Crippen molar-refractivity contribution >= 4 is 6.03 Å². The van der Waals surface area contributed by atoms with Gasteiger partial charge in [-0.3, -0.25) is 0 Å². The van der Waals surface area contributed by atoms with Gasteiger partial charge in [-0.15, -0.1) is 0 Å². The van der Waals surface area contributed by atoms with Gasteiger partial charge in [0.1, 0.15) is 5.75 Å². The van der Waals surface area contributed by atoms with Gasteiger partial charge in [-0.2, -0.15) is 0 Å². The third-order valence-corrected chi connectivity index (χ3v) is 4.84. The molecule has 1 saturated carbocycles. The smallest absolute Gasteiger partial charge is 0.317 e. The Bertz CT molecular complexity index is 481. The molecule has 128 valence electrons. The highest BCUT2D eigenvalue weighted by Crippen LogP contribution is 2.21. The van der Waals surface area contributed by atoms with Gasteiger partial charge < -0.3 is 15.0 Å².